The molecule has 0 fully saturated rings. The minimum absolute atomic E-state index is 0.0191. The van der Waals surface area contributed by atoms with Crippen molar-refractivity contribution in [3.8, 4) is 0 Å². The lowest BCUT2D eigenvalue weighted by molar-refractivity contribution is 0.0996. The molecule has 4 rings (SSSR count). The van der Waals surface area contributed by atoms with Crippen molar-refractivity contribution < 1.29 is 4.79 Å². The van der Waals surface area contributed by atoms with E-state index in [4.69, 9.17) is 0 Å². The fourth-order valence-corrected chi connectivity index (χ4v) is 3.06. The predicted octanol–water partition coefficient (Wildman–Crippen LogP) is 4.16. The van der Waals surface area contributed by atoms with Crippen LogP contribution in [0, 0.1) is 0 Å². The van der Waals surface area contributed by atoms with Crippen molar-refractivity contribution in [2.24, 2.45) is 0 Å². The Morgan fingerprint density at radius 3 is 2.67 bits per heavy atom. The van der Waals surface area contributed by atoms with Crippen molar-refractivity contribution >= 4 is 38.4 Å². The molecule has 3 aromatic rings. The maximum absolute atomic E-state index is 12.6. The molecule has 102 valence electrons. The van der Waals surface area contributed by atoms with E-state index in [1.165, 1.54) is 0 Å². The summed E-state index contributed by atoms with van der Waals surface area (Å²) in [6.07, 6.45) is 0. The van der Waals surface area contributed by atoms with Gasteiger partial charge in [0.05, 0.1) is 23.3 Å². The summed E-state index contributed by atoms with van der Waals surface area (Å²) in [7, 11) is 0. The normalized spacial score (nSPS) is 13.8. The quantitative estimate of drug-likeness (QED) is 0.667. The fraction of sp³-hybridized carbons (Fsp3) is 0.0588. The maximum Gasteiger partial charge on any atom is 0.260 e. The number of para-hydroxylation sites is 1. The lowest BCUT2D eigenvalue weighted by atomic mass is 10.1. The molecule has 0 N–H and O–H groups in total. The van der Waals surface area contributed by atoms with Crippen LogP contribution in [0.25, 0.3) is 10.9 Å². The Morgan fingerprint density at radius 2 is 1.86 bits per heavy atom. The second-order valence-electron chi connectivity index (χ2n) is 5.05. The molecule has 21 heavy (non-hydrogen) atoms. The van der Waals surface area contributed by atoms with E-state index >= 15 is 0 Å². The first-order valence-electron chi connectivity index (χ1n) is 6.68. The molecule has 0 spiro atoms. The van der Waals surface area contributed by atoms with Crippen LogP contribution in [-0.2, 0) is 6.54 Å². The molecule has 1 aliphatic heterocycles. The third kappa shape index (κ3) is 2.03. The van der Waals surface area contributed by atoms with Gasteiger partial charge in [0.25, 0.3) is 5.91 Å². The molecule has 1 aromatic heterocycles. The number of pyridine rings is 1. The van der Waals surface area contributed by atoms with Gasteiger partial charge in [-0.05, 0) is 36.4 Å². The van der Waals surface area contributed by atoms with Crippen LogP contribution >= 0.6 is 15.9 Å². The second kappa shape index (κ2) is 4.67. The molecule has 2 heterocycles. The molecule has 1 amide bonds. The zero-order valence-corrected chi connectivity index (χ0v) is 12.7. The van der Waals surface area contributed by atoms with Gasteiger partial charge >= 0.3 is 0 Å². The Morgan fingerprint density at radius 1 is 1.05 bits per heavy atom. The number of fused-ring (bicyclic) bond motifs is 2. The van der Waals surface area contributed by atoms with Gasteiger partial charge in [0.15, 0.2) is 0 Å². The van der Waals surface area contributed by atoms with Crippen LogP contribution in [0.15, 0.2) is 59.1 Å². The van der Waals surface area contributed by atoms with Gasteiger partial charge in [-0.3, -0.25) is 9.78 Å². The predicted molar refractivity (Wildman–Crippen MR) is 86.4 cm³/mol. The van der Waals surface area contributed by atoms with E-state index < -0.39 is 0 Å². The number of hydrogen-bond donors (Lipinski definition) is 0. The second-order valence-corrected chi connectivity index (χ2v) is 5.96. The minimum atomic E-state index is 0.0191. The number of halogens is 1. The molecule has 0 saturated heterocycles. The standard InChI is InChI=1S/C17H11BrN2O/c18-12-6-7-15-11(8-12)9-14-16(19-15)10-20(17(14)21)13-4-2-1-3-5-13/h1-9H,10H2. The van der Waals surface area contributed by atoms with Crippen molar-refractivity contribution in [2.45, 2.75) is 6.54 Å². The average molecular weight is 339 g/mol. The lowest BCUT2D eigenvalue weighted by Crippen LogP contribution is -2.22. The summed E-state index contributed by atoms with van der Waals surface area (Å²) in [4.78, 5) is 19.0. The Bertz CT molecular complexity index is 861. The van der Waals surface area contributed by atoms with Crippen LogP contribution in [0.5, 0.6) is 0 Å². The van der Waals surface area contributed by atoms with Crippen molar-refractivity contribution in [1.82, 2.24) is 4.98 Å². The average Bonchev–Trinajstić information content (AvgIpc) is 2.83. The van der Waals surface area contributed by atoms with Gasteiger partial charge < -0.3 is 4.90 Å². The molecule has 1 aliphatic rings. The highest BCUT2D eigenvalue weighted by atomic mass is 79.9. The van der Waals surface area contributed by atoms with Crippen LogP contribution in [0.2, 0.25) is 0 Å². The Hall–Kier alpha value is -2.20. The minimum Gasteiger partial charge on any atom is -0.302 e. The molecule has 2 aromatic carbocycles. The van der Waals surface area contributed by atoms with Crippen LogP contribution in [0.4, 0.5) is 5.69 Å². The monoisotopic (exact) mass is 338 g/mol. The van der Waals surface area contributed by atoms with Crippen LogP contribution in [0.3, 0.4) is 0 Å². The molecular weight excluding hydrogens is 328 g/mol. The van der Waals surface area contributed by atoms with Gasteiger partial charge in [0.2, 0.25) is 0 Å². The molecule has 0 radical (unpaired) electrons. The number of aromatic nitrogens is 1. The number of carbonyl (C=O) groups is 1. The third-order valence-corrected chi connectivity index (χ3v) is 4.20. The van der Waals surface area contributed by atoms with Crippen molar-refractivity contribution in [2.75, 3.05) is 4.90 Å². The number of rotatable bonds is 1. The highest BCUT2D eigenvalue weighted by molar-refractivity contribution is 9.10. The Kier molecular flexibility index (Phi) is 2.79. The van der Waals surface area contributed by atoms with E-state index in [0.717, 1.165) is 26.8 Å². The number of anilines is 1. The molecular formula is C17H11BrN2O. The topological polar surface area (TPSA) is 33.2 Å². The fourth-order valence-electron chi connectivity index (χ4n) is 2.68. The summed E-state index contributed by atoms with van der Waals surface area (Å²) >= 11 is 3.45. The van der Waals surface area contributed by atoms with Gasteiger partial charge in [0, 0.05) is 15.5 Å². The first kappa shape index (κ1) is 12.5. The van der Waals surface area contributed by atoms with Crippen molar-refractivity contribution in [1.29, 1.82) is 0 Å². The van der Waals surface area contributed by atoms with E-state index in [1.807, 2.05) is 54.6 Å². The van der Waals surface area contributed by atoms with E-state index in [0.29, 0.717) is 12.1 Å². The zero-order valence-electron chi connectivity index (χ0n) is 11.1. The van der Waals surface area contributed by atoms with Gasteiger partial charge in [-0.25, -0.2) is 0 Å². The van der Waals surface area contributed by atoms with Crippen LogP contribution in [0.1, 0.15) is 16.1 Å². The first-order chi connectivity index (χ1) is 10.2. The van der Waals surface area contributed by atoms with Crippen LogP contribution in [-0.4, -0.2) is 10.9 Å². The number of amides is 1. The first-order valence-corrected chi connectivity index (χ1v) is 7.48. The summed E-state index contributed by atoms with van der Waals surface area (Å²) < 4.78 is 0.988. The van der Waals surface area contributed by atoms with Crippen LogP contribution < -0.4 is 4.90 Å². The smallest absolute Gasteiger partial charge is 0.260 e. The number of carbonyl (C=O) groups excluding carboxylic acids is 1. The summed E-state index contributed by atoms with van der Waals surface area (Å²) in [5.74, 6) is 0.0191. The van der Waals surface area contributed by atoms with Crippen molar-refractivity contribution in [3.05, 3.63) is 70.3 Å². The van der Waals surface area contributed by atoms with Gasteiger partial charge in [-0.15, -0.1) is 0 Å². The number of hydrogen-bond acceptors (Lipinski definition) is 2. The molecule has 0 saturated carbocycles. The SMILES string of the molecule is O=C1c2cc3cc(Br)ccc3nc2CN1c1ccccc1. The van der Waals surface area contributed by atoms with Gasteiger partial charge in [-0.2, -0.15) is 0 Å². The summed E-state index contributed by atoms with van der Waals surface area (Å²) in [5, 5.41) is 0.978. The summed E-state index contributed by atoms with van der Waals surface area (Å²) in [6, 6.07) is 17.6. The van der Waals surface area contributed by atoms with E-state index in [-0.39, 0.29) is 5.91 Å². The van der Waals surface area contributed by atoms with Crippen molar-refractivity contribution in [3.63, 3.8) is 0 Å². The number of benzene rings is 2. The lowest BCUT2D eigenvalue weighted by Gasteiger charge is -2.14. The molecule has 0 bridgehead atoms. The summed E-state index contributed by atoms with van der Waals surface area (Å²) in [5.41, 5.74) is 3.37. The molecule has 0 unspecified atom stereocenters. The van der Waals surface area contributed by atoms with E-state index in [1.54, 1.807) is 4.90 Å². The van der Waals surface area contributed by atoms with Gasteiger partial charge in [0.1, 0.15) is 0 Å². The highest BCUT2D eigenvalue weighted by Crippen LogP contribution is 2.30. The molecule has 0 aliphatic carbocycles. The largest absolute Gasteiger partial charge is 0.302 e. The van der Waals surface area contributed by atoms with E-state index in [2.05, 4.69) is 20.9 Å². The van der Waals surface area contributed by atoms with Gasteiger partial charge in [-0.1, -0.05) is 34.1 Å². The Balaban J connectivity index is 1.84. The third-order valence-electron chi connectivity index (χ3n) is 3.71. The maximum atomic E-state index is 12.6. The molecule has 0 atom stereocenters. The number of nitrogens with zero attached hydrogens (tertiary/aromatic N) is 2. The molecule has 3 nitrogen and oxygen atoms in total. The zero-order chi connectivity index (χ0) is 14.4. The molecule has 4 heteroatoms. The highest BCUT2D eigenvalue weighted by Gasteiger charge is 2.29. The Labute approximate surface area is 130 Å². The summed E-state index contributed by atoms with van der Waals surface area (Å²) in [6.45, 7) is 0.532. The van der Waals surface area contributed by atoms with E-state index in [9.17, 15) is 4.79 Å².